The Hall–Kier alpha value is -0.0800. The van der Waals surface area contributed by atoms with Crippen molar-refractivity contribution in [3.05, 3.63) is 0 Å². The highest BCUT2D eigenvalue weighted by Crippen LogP contribution is 2.44. The van der Waals surface area contributed by atoms with Crippen molar-refractivity contribution in [2.45, 2.75) is 88.7 Å². The van der Waals surface area contributed by atoms with Crippen molar-refractivity contribution in [1.82, 2.24) is 0 Å². The molecule has 0 amide bonds. The fourth-order valence-corrected chi connectivity index (χ4v) is 4.84. The van der Waals surface area contributed by atoms with Gasteiger partial charge in [0.05, 0.1) is 5.60 Å². The van der Waals surface area contributed by atoms with Crippen molar-refractivity contribution in [1.29, 1.82) is 0 Å². The summed E-state index contributed by atoms with van der Waals surface area (Å²) in [4.78, 5) is 0. The molecule has 2 atom stereocenters. The Morgan fingerprint density at radius 3 is 2.21 bits per heavy atom. The van der Waals surface area contributed by atoms with Crippen LogP contribution in [0.3, 0.4) is 0 Å². The zero-order valence-electron chi connectivity index (χ0n) is 12.4. The Balaban J connectivity index is 1.60. The van der Waals surface area contributed by atoms with Gasteiger partial charge < -0.3 is 10.5 Å². The molecule has 0 radical (unpaired) electrons. The third-order valence-electron chi connectivity index (χ3n) is 6.03. The first-order valence-electron chi connectivity index (χ1n) is 8.69. The van der Waals surface area contributed by atoms with E-state index in [1.54, 1.807) is 0 Å². The molecule has 2 nitrogen and oxygen atoms in total. The van der Waals surface area contributed by atoms with E-state index in [1.165, 1.54) is 77.0 Å². The maximum atomic E-state index is 6.69. The Bertz CT molecular complexity index is 277. The van der Waals surface area contributed by atoms with Gasteiger partial charge in [-0.25, -0.2) is 0 Å². The quantitative estimate of drug-likeness (QED) is 0.765. The van der Waals surface area contributed by atoms with Crippen molar-refractivity contribution >= 4 is 0 Å². The van der Waals surface area contributed by atoms with Crippen molar-refractivity contribution in [3.8, 4) is 0 Å². The highest BCUT2D eigenvalue weighted by Gasteiger charge is 2.42. The van der Waals surface area contributed by atoms with Crippen LogP contribution < -0.4 is 5.73 Å². The van der Waals surface area contributed by atoms with Crippen LogP contribution in [-0.4, -0.2) is 18.2 Å². The summed E-state index contributed by atoms with van der Waals surface area (Å²) in [6.45, 7) is 0.963. The van der Waals surface area contributed by atoms with Gasteiger partial charge in [0.1, 0.15) is 0 Å². The van der Waals surface area contributed by atoms with Crippen LogP contribution >= 0.6 is 0 Å². The monoisotopic (exact) mass is 265 g/mol. The van der Waals surface area contributed by atoms with E-state index in [1.807, 2.05) is 0 Å². The van der Waals surface area contributed by atoms with Gasteiger partial charge in [-0.1, -0.05) is 38.5 Å². The lowest BCUT2D eigenvalue weighted by atomic mass is 9.75. The zero-order valence-corrected chi connectivity index (χ0v) is 12.4. The van der Waals surface area contributed by atoms with E-state index >= 15 is 0 Å². The summed E-state index contributed by atoms with van der Waals surface area (Å²) in [5, 5.41) is 0. The summed E-state index contributed by atoms with van der Waals surface area (Å²) in [5.74, 6) is 1.53. The second kappa shape index (κ2) is 6.13. The van der Waals surface area contributed by atoms with Gasteiger partial charge in [-0.2, -0.15) is 0 Å². The lowest BCUT2D eigenvalue weighted by Crippen LogP contribution is -2.46. The molecule has 0 aromatic heterocycles. The van der Waals surface area contributed by atoms with E-state index in [0.717, 1.165) is 18.4 Å². The highest BCUT2D eigenvalue weighted by atomic mass is 16.5. The van der Waals surface area contributed by atoms with Crippen LogP contribution in [0.5, 0.6) is 0 Å². The first-order valence-corrected chi connectivity index (χ1v) is 8.69. The van der Waals surface area contributed by atoms with Gasteiger partial charge in [-0.05, 0) is 50.4 Å². The van der Waals surface area contributed by atoms with Crippen LogP contribution in [0.25, 0.3) is 0 Å². The molecule has 2 saturated carbocycles. The van der Waals surface area contributed by atoms with E-state index in [-0.39, 0.29) is 5.60 Å². The Morgan fingerprint density at radius 1 is 0.842 bits per heavy atom. The Labute approximate surface area is 118 Å². The van der Waals surface area contributed by atoms with Crippen molar-refractivity contribution < 1.29 is 4.74 Å². The molecular formula is C17H31NO. The van der Waals surface area contributed by atoms with Crippen LogP contribution in [0.4, 0.5) is 0 Å². The molecule has 1 aliphatic heterocycles. The maximum absolute atomic E-state index is 6.69. The van der Waals surface area contributed by atoms with Gasteiger partial charge in [-0.3, -0.25) is 0 Å². The zero-order chi connectivity index (χ0) is 13.1. The standard InChI is InChI=1S/C17H31NO/c18-16(14-7-3-1-2-4-8-14)15-9-12-19-17(13-15)10-5-6-11-17/h14-16H,1-13,18H2. The first kappa shape index (κ1) is 13.9. The van der Waals surface area contributed by atoms with Gasteiger partial charge in [0.2, 0.25) is 0 Å². The molecule has 0 aromatic rings. The summed E-state index contributed by atoms with van der Waals surface area (Å²) in [6, 6.07) is 0.444. The molecule has 0 aromatic carbocycles. The third-order valence-corrected chi connectivity index (χ3v) is 6.03. The maximum Gasteiger partial charge on any atom is 0.0685 e. The molecule has 2 N–H and O–H groups in total. The number of rotatable bonds is 2. The molecule has 3 rings (SSSR count). The summed E-state index contributed by atoms with van der Waals surface area (Å²) < 4.78 is 6.16. The molecule has 2 heteroatoms. The van der Waals surface area contributed by atoms with Gasteiger partial charge in [0.25, 0.3) is 0 Å². The van der Waals surface area contributed by atoms with Crippen molar-refractivity contribution in [3.63, 3.8) is 0 Å². The lowest BCUT2D eigenvalue weighted by Gasteiger charge is -2.42. The van der Waals surface area contributed by atoms with Gasteiger partial charge in [0, 0.05) is 12.6 Å². The summed E-state index contributed by atoms with van der Waals surface area (Å²) in [7, 11) is 0. The fourth-order valence-electron chi connectivity index (χ4n) is 4.84. The average Bonchev–Trinajstić information content (AvgIpc) is 2.72. The molecule has 3 aliphatic rings. The van der Waals surface area contributed by atoms with Crippen LogP contribution in [0.15, 0.2) is 0 Å². The van der Waals surface area contributed by atoms with Gasteiger partial charge in [0.15, 0.2) is 0 Å². The molecule has 1 spiro atoms. The molecular weight excluding hydrogens is 234 g/mol. The van der Waals surface area contributed by atoms with E-state index in [9.17, 15) is 0 Å². The average molecular weight is 265 g/mol. The van der Waals surface area contributed by atoms with E-state index in [0.29, 0.717) is 6.04 Å². The molecule has 2 unspecified atom stereocenters. The smallest absolute Gasteiger partial charge is 0.0685 e. The Kier molecular flexibility index (Phi) is 4.48. The highest BCUT2D eigenvalue weighted by molar-refractivity contribution is 4.95. The normalized spacial score (nSPS) is 34.3. The largest absolute Gasteiger partial charge is 0.375 e. The van der Waals surface area contributed by atoms with Crippen LogP contribution in [0.1, 0.15) is 77.0 Å². The molecule has 0 bridgehead atoms. The first-order chi connectivity index (χ1) is 9.29. The van der Waals surface area contributed by atoms with E-state index in [4.69, 9.17) is 10.5 Å². The minimum atomic E-state index is 0.241. The number of hydrogen-bond acceptors (Lipinski definition) is 2. The minimum Gasteiger partial charge on any atom is -0.375 e. The molecule has 2 aliphatic carbocycles. The lowest BCUT2D eigenvalue weighted by molar-refractivity contribution is -0.0989. The minimum absolute atomic E-state index is 0.241. The molecule has 3 fully saturated rings. The van der Waals surface area contributed by atoms with Crippen LogP contribution in [-0.2, 0) is 4.74 Å². The predicted octanol–water partition coefficient (Wildman–Crippen LogP) is 4.02. The van der Waals surface area contributed by atoms with E-state index < -0.39 is 0 Å². The summed E-state index contributed by atoms with van der Waals surface area (Å²) >= 11 is 0. The Morgan fingerprint density at radius 2 is 1.53 bits per heavy atom. The fraction of sp³-hybridized carbons (Fsp3) is 1.00. The number of hydrogen-bond donors (Lipinski definition) is 1. The molecule has 110 valence electrons. The second-order valence-corrected chi connectivity index (χ2v) is 7.32. The molecule has 19 heavy (non-hydrogen) atoms. The second-order valence-electron chi connectivity index (χ2n) is 7.32. The molecule has 1 heterocycles. The van der Waals surface area contributed by atoms with Crippen molar-refractivity contribution in [2.75, 3.05) is 6.61 Å². The molecule has 1 saturated heterocycles. The SMILES string of the molecule is NC(C1CCCCCC1)C1CCOC2(CCCC2)C1. The topological polar surface area (TPSA) is 35.2 Å². The third kappa shape index (κ3) is 3.16. The summed E-state index contributed by atoms with van der Waals surface area (Å²) in [5.41, 5.74) is 6.93. The van der Waals surface area contributed by atoms with Gasteiger partial charge in [-0.15, -0.1) is 0 Å². The van der Waals surface area contributed by atoms with Crippen LogP contribution in [0, 0.1) is 11.8 Å². The number of ether oxygens (including phenoxy) is 1. The van der Waals surface area contributed by atoms with Gasteiger partial charge >= 0.3 is 0 Å². The predicted molar refractivity (Wildman–Crippen MR) is 79.0 cm³/mol. The van der Waals surface area contributed by atoms with E-state index in [2.05, 4.69) is 0 Å². The number of nitrogens with two attached hydrogens (primary N) is 1. The van der Waals surface area contributed by atoms with Crippen molar-refractivity contribution in [2.24, 2.45) is 17.6 Å². The van der Waals surface area contributed by atoms with Crippen LogP contribution in [0.2, 0.25) is 0 Å². The summed E-state index contributed by atoms with van der Waals surface area (Å²) in [6.07, 6.45) is 16.2.